The van der Waals surface area contributed by atoms with E-state index in [1.165, 1.54) is 13.8 Å². The van der Waals surface area contributed by atoms with Crippen molar-refractivity contribution in [3.63, 3.8) is 0 Å². The maximum atomic E-state index is 12.7. The van der Waals surface area contributed by atoms with Crippen LogP contribution in [0.5, 0.6) is 0 Å². The molecule has 0 aromatic rings. The van der Waals surface area contributed by atoms with Gasteiger partial charge in [-0.05, 0) is 12.3 Å². The highest BCUT2D eigenvalue weighted by atomic mass is 19.3. The maximum absolute atomic E-state index is 12.7. The minimum Gasteiger partial charge on any atom is -0.192 e. The molecule has 2 heteroatoms. The summed E-state index contributed by atoms with van der Waals surface area (Å²) in [6.45, 7) is 8.86. The van der Waals surface area contributed by atoms with Crippen molar-refractivity contribution in [3.05, 3.63) is 0 Å². The van der Waals surface area contributed by atoms with Crippen LogP contribution >= 0.6 is 0 Å². The normalized spacial score (nSPS) is 9.85. The van der Waals surface area contributed by atoms with Crippen LogP contribution in [0, 0.1) is 17.8 Å². The number of rotatable bonds is 2. The predicted molar refractivity (Wildman–Crippen MR) is 53.8 cm³/mol. The summed E-state index contributed by atoms with van der Waals surface area (Å²) in [4.78, 5) is 0. The van der Waals surface area contributed by atoms with Gasteiger partial charge in [-0.25, -0.2) is 0 Å². The third kappa shape index (κ3) is 7.77. The van der Waals surface area contributed by atoms with Gasteiger partial charge in [0, 0.05) is 12.3 Å². The molecule has 0 fully saturated rings. The average molecular weight is 190 g/mol. The molecule has 0 unspecified atom stereocenters. The fourth-order valence-corrected chi connectivity index (χ4v) is 0.450. The third-order valence-electron chi connectivity index (χ3n) is 1.36. The van der Waals surface area contributed by atoms with Crippen molar-refractivity contribution >= 4 is 0 Å². The van der Waals surface area contributed by atoms with Gasteiger partial charge >= 0.3 is 5.92 Å². The zero-order valence-corrected chi connectivity index (χ0v) is 9.25. The molecule has 0 atom stereocenters. The van der Waals surface area contributed by atoms with E-state index in [0.29, 0.717) is 6.42 Å². The van der Waals surface area contributed by atoms with Gasteiger partial charge in [0.15, 0.2) is 0 Å². The van der Waals surface area contributed by atoms with Gasteiger partial charge in [-0.1, -0.05) is 40.5 Å². The minimum atomic E-state index is -2.81. The molecule has 0 radical (unpaired) electrons. The monoisotopic (exact) mass is 190 g/mol. The number of unbranched alkanes of at least 4 members (excludes halogenated alkanes) is 1. The number of halogens is 2. The lowest BCUT2D eigenvalue weighted by atomic mass is 10.1. The van der Waals surface area contributed by atoms with Crippen molar-refractivity contribution in [2.24, 2.45) is 5.92 Å². The van der Waals surface area contributed by atoms with E-state index in [-0.39, 0.29) is 0 Å². The van der Waals surface area contributed by atoms with Crippen LogP contribution in [0.1, 0.15) is 47.5 Å². The van der Waals surface area contributed by atoms with Crippen molar-refractivity contribution in [1.29, 1.82) is 0 Å². The largest absolute Gasteiger partial charge is 0.310 e. The first kappa shape index (κ1) is 14.9. The summed E-state index contributed by atoms with van der Waals surface area (Å²) >= 11 is 0. The first-order chi connectivity index (χ1) is 6.00. The van der Waals surface area contributed by atoms with Crippen LogP contribution in [-0.2, 0) is 0 Å². The number of hydrogen-bond donors (Lipinski definition) is 0. The summed E-state index contributed by atoms with van der Waals surface area (Å²) in [6.07, 6.45) is 1.39. The number of alkyl halides is 2. The van der Waals surface area contributed by atoms with E-state index in [4.69, 9.17) is 0 Å². The van der Waals surface area contributed by atoms with Gasteiger partial charge in [-0.3, -0.25) is 0 Å². The van der Waals surface area contributed by atoms with Crippen molar-refractivity contribution < 1.29 is 8.78 Å². The van der Waals surface area contributed by atoms with E-state index in [0.717, 1.165) is 6.42 Å². The van der Waals surface area contributed by atoms with Crippen LogP contribution in [0.25, 0.3) is 0 Å². The Morgan fingerprint density at radius 1 is 1.23 bits per heavy atom. The van der Waals surface area contributed by atoms with Crippen LogP contribution < -0.4 is 0 Å². The van der Waals surface area contributed by atoms with Gasteiger partial charge in [0.1, 0.15) is 0 Å². The summed E-state index contributed by atoms with van der Waals surface area (Å²) in [7, 11) is 0. The molecule has 0 aliphatic rings. The highest BCUT2D eigenvalue weighted by Crippen LogP contribution is 2.22. The van der Waals surface area contributed by atoms with Crippen LogP contribution in [0.3, 0.4) is 0 Å². The molecule has 13 heavy (non-hydrogen) atoms. The van der Waals surface area contributed by atoms with Gasteiger partial charge in [-0.15, -0.1) is 0 Å². The average Bonchev–Trinajstić information content (AvgIpc) is 2.08. The Labute approximate surface area is 80.7 Å². The molecular formula is C11H20F2. The van der Waals surface area contributed by atoms with Crippen molar-refractivity contribution in [1.82, 2.24) is 0 Å². The lowest BCUT2D eigenvalue weighted by molar-refractivity contribution is 0.0168. The Bertz CT molecular complexity index is 161. The third-order valence-corrected chi connectivity index (χ3v) is 1.36. The van der Waals surface area contributed by atoms with Crippen LogP contribution in [0.4, 0.5) is 8.78 Å². The molecule has 78 valence electrons. The quantitative estimate of drug-likeness (QED) is 0.575. The van der Waals surface area contributed by atoms with E-state index >= 15 is 0 Å². The maximum Gasteiger partial charge on any atom is 0.310 e. The van der Waals surface area contributed by atoms with E-state index in [9.17, 15) is 8.78 Å². The topological polar surface area (TPSA) is 0 Å². The molecule has 0 aromatic heterocycles. The molecule has 0 bridgehead atoms. The molecule has 0 aliphatic carbocycles. The molecule has 0 nitrogen and oxygen atoms in total. The van der Waals surface area contributed by atoms with E-state index in [1.807, 2.05) is 26.7 Å². The first-order valence-corrected chi connectivity index (χ1v) is 4.88. The van der Waals surface area contributed by atoms with E-state index < -0.39 is 11.8 Å². The molecule has 0 N–H and O–H groups in total. The molecule has 0 saturated carbocycles. The van der Waals surface area contributed by atoms with Crippen LogP contribution in [0.2, 0.25) is 0 Å². The molecule has 0 amide bonds. The molecule has 0 spiro atoms. The Morgan fingerprint density at radius 3 is 2.00 bits per heavy atom. The zero-order chi connectivity index (χ0) is 10.9. The summed E-state index contributed by atoms with van der Waals surface area (Å²) < 4.78 is 25.4. The van der Waals surface area contributed by atoms with Crippen molar-refractivity contribution in [2.45, 2.75) is 53.4 Å². The Balaban J connectivity index is 0. The molecule has 0 aromatic carbocycles. The zero-order valence-electron chi connectivity index (χ0n) is 9.25. The smallest absolute Gasteiger partial charge is 0.192 e. The van der Waals surface area contributed by atoms with Crippen LogP contribution in [-0.4, -0.2) is 5.92 Å². The molecule has 0 rings (SSSR count). The summed E-state index contributed by atoms with van der Waals surface area (Å²) in [5.74, 6) is 0.934. The van der Waals surface area contributed by atoms with Gasteiger partial charge in [-0.2, -0.15) is 8.78 Å². The van der Waals surface area contributed by atoms with Gasteiger partial charge in [0.05, 0.1) is 0 Å². The number of hydrogen-bond acceptors (Lipinski definition) is 0. The van der Waals surface area contributed by atoms with E-state index in [1.54, 1.807) is 0 Å². The van der Waals surface area contributed by atoms with Gasteiger partial charge in [0.2, 0.25) is 0 Å². The molecule has 0 heterocycles. The second-order valence-electron chi connectivity index (χ2n) is 2.83. The lowest BCUT2D eigenvalue weighted by Crippen LogP contribution is -2.20. The second-order valence-corrected chi connectivity index (χ2v) is 2.83. The van der Waals surface area contributed by atoms with Crippen LogP contribution in [0.15, 0.2) is 0 Å². The minimum absolute atomic E-state index is 0.558. The molecule has 0 aliphatic heterocycles. The predicted octanol–water partition coefficient (Wildman–Crippen LogP) is 4.11. The molecule has 0 saturated heterocycles. The summed E-state index contributed by atoms with van der Waals surface area (Å²) in [5.41, 5.74) is 0. The second kappa shape index (κ2) is 8.04. The van der Waals surface area contributed by atoms with Crippen molar-refractivity contribution in [2.75, 3.05) is 0 Å². The Hall–Kier alpha value is -0.580. The first-order valence-electron chi connectivity index (χ1n) is 4.88. The molecular weight excluding hydrogens is 170 g/mol. The Morgan fingerprint density at radius 2 is 1.69 bits per heavy atom. The lowest BCUT2D eigenvalue weighted by Gasteiger charge is -2.12. The van der Waals surface area contributed by atoms with Gasteiger partial charge in [0.25, 0.3) is 0 Å². The summed E-state index contributed by atoms with van der Waals surface area (Å²) in [5, 5.41) is 0. The summed E-state index contributed by atoms with van der Waals surface area (Å²) in [6, 6.07) is 0. The fraction of sp³-hybridized carbons (Fsp3) is 0.818. The highest BCUT2D eigenvalue weighted by molar-refractivity contribution is 5.10. The van der Waals surface area contributed by atoms with E-state index in [2.05, 4.69) is 5.92 Å². The van der Waals surface area contributed by atoms with Gasteiger partial charge < -0.3 is 0 Å². The highest BCUT2D eigenvalue weighted by Gasteiger charge is 2.30. The van der Waals surface area contributed by atoms with Crippen molar-refractivity contribution in [3.8, 4) is 11.8 Å². The Kier molecular flexibility index (Phi) is 9.22. The standard InChI is InChI=1S/C9H14F2.C2H6/c1-4-5-6-7-9(10,11)8(2)3;1-2/h8H,4-5H2,1-3H3;1-2H3. The SMILES string of the molecule is CC.CCCC#CC(F)(F)C(C)C. The fourth-order valence-electron chi connectivity index (χ4n) is 0.450.